The Labute approximate surface area is 187 Å². The molecule has 1 aromatic heterocycles. The summed E-state index contributed by atoms with van der Waals surface area (Å²) in [6.45, 7) is 0.0128. The molecule has 4 aromatic rings. The van der Waals surface area contributed by atoms with Gasteiger partial charge in [-0.1, -0.05) is 18.2 Å². The molecule has 0 atom stereocenters. The van der Waals surface area contributed by atoms with Gasteiger partial charge in [0.1, 0.15) is 11.5 Å². The number of aromatic nitrogens is 1. The maximum absolute atomic E-state index is 12.8. The largest absolute Gasteiger partial charge is 0.508 e. The van der Waals surface area contributed by atoms with Crippen LogP contribution in [0.3, 0.4) is 0 Å². The van der Waals surface area contributed by atoms with Crippen LogP contribution in [0.5, 0.6) is 11.5 Å². The molecule has 0 aliphatic rings. The van der Waals surface area contributed by atoms with E-state index in [9.17, 15) is 29.9 Å². The SMILES string of the molecule is O=C(Cn1cc(/C=C/C(=O)c2ccc(O)cc2O)c2ccccc21)c1ccc([N+](=O)[O-])cc1. The van der Waals surface area contributed by atoms with E-state index in [4.69, 9.17) is 0 Å². The van der Waals surface area contributed by atoms with E-state index < -0.39 is 10.7 Å². The number of nitro groups is 1. The van der Waals surface area contributed by atoms with Gasteiger partial charge in [-0.05, 0) is 42.5 Å². The maximum Gasteiger partial charge on any atom is 0.269 e. The van der Waals surface area contributed by atoms with E-state index in [0.717, 1.165) is 17.0 Å². The monoisotopic (exact) mass is 442 g/mol. The molecule has 33 heavy (non-hydrogen) atoms. The fourth-order valence-corrected chi connectivity index (χ4v) is 3.54. The van der Waals surface area contributed by atoms with E-state index >= 15 is 0 Å². The Morgan fingerprint density at radius 1 is 1.00 bits per heavy atom. The van der Waals surface area contributed by atoms with Gasteiger partial charge in [-0.2, -0.15) is 0 Å². The number of carbonyl (C=O) groups is 2. The first-order valence-electron chi connectivity index (χ1n) is 9.93. The minimum atomic E-state index is -0.522. The van der Waals surface area contributed by atoms with Crippen molar-refractivity contribution >= 4 is 34.2 Å². The Kier molecular flexibility index (Phi) is 5.73. The van der Waals surface area contributed by atoms with E-state index in [1.54, 1.807) is 16.8 Å². The highest BCUT2D eigenvalue weighted by molar-refractivity contribution is 6.09. The lowest BCUT2D eigenvalue weighted by atomic mass is 10.1. The lowest BCUT2D eigenvalue weighted by Crippen LogP contribution is -2.09. The zero-order valence-electron chi connectivity index (χ0n) is 17.2. The first-order valence-corrected chi connectivity index (χ1v) is 9.93. The second-order valence-corrected chi connectivity index (χ2v) is 7.36. The molecule has 4 rings (SSSR count). The summed E-state index contributed by atoms with van der Waals surface area (Å²) in [6, 6.07) is 16.6. The van der Waals surface area contributed by atoms with Crippen molar-refractivity contribution in [3.63, 3.8) is 0 Å². The van der Waals surface area contributed by atoms with E-state index in [0.29, 0.717) is 11.1 Å². The molecule has 0 aliphatic heterocycles. The van der Waals surface area contributed by atoms with Crippen LogP contribution in [-0.4, -0.2) is 31.3 Å². The number of para-hydroxylation sites is 1. The van der Waals surface area contributed by atoms with Crippen LogP contribution in [0.25, 0.3) is 17.0 Å². The normalized spacial score (nSPS) is 11.2. The van der Waals surface area contributed by atoms with Crippen LogP contribution in [0.2, 0.25) is 0 Å². The third-order valence-corrected chi connectivity index (χ3v) is 5.19. The van der Waals surface area contributed by atoms with Gasteiger partial charge in [-0.15, -0.1) is 0 Å². The van der Waals surface area contributed by atoms with E-state index in [-0.39, 0.29) is 35.1 Å². The number of hydrogen-bond donors (Lipinski definition) is 2. The topological polar surface area (TPSA) is 123 Å². The number of non-ortho nitro benzene ring substituents is 1. The Balaban J connectivity index is 1.61. The molecule has 1 heterocycles. The van der Waals surface area contributed by atoms with Gasteiger partial charge in [-0.25, -0.2) is 0 Å². The van der Waals surface area contributed by atoms with Crippen LogP contribution < -0.4 is 0 Å². The number of hydrogen-bond acceptors (Lipinski definition) is 6. The van der Waals surface area contributed by atoms with Gasteiger partial charge in [0.15, 0.2) is 11.6 Å². The molecule has 8 nitrogen and oxygen atoms in total. The van der Waals surface area contributed by atoms with Crippen LogP contribution in [-0.2, 0) is 6.54 Å². The molecular formula is C25H18N2O6. The Hall–Kier alpha value is -4.72. The van der Waals surface area contributed by atoms with Crippen LogP contribution in [0.1, 0.15) is 26.3 Å². The van der Waals surface area contributed by atoms with Gasteiger partial charge in [0.2, 0.25) is 0 Å². The van der Waals surface area contributed by atoms with Crippen molar-refractivity contribution in [2.75, 3.05) is 0 Å². The third-order valence-electron chi connectivity index (χ3n) is 5.19. The quantitative estimate of drug-likeness (QED) is 0.184. The number of nitro benzene ring substituents is 1. The number of benzene rings is 3. The summed E-state index contributed by atoms with van der Waals surface area (Å²) in [5, 5.41) is 30.9. The van der Waals surface area contributed by atoms with Crippen molar-refractivity contribution in [3.8, 4) is 11.5 Å². The van der Waals surface area contributed by atoms with Crippen molar-refractivity contribution < 1.29 is 24.7 Å². The molecule has 0 saturated heterocycles. The molecular weight excluding hydrogens is 424 g/mol. The summed E-state index contributed by atoms with van der Waals surface area (Å²) in [5.74, 6) is -1.12. The molecule has 164 valence electrons. The smallest absolute Gasteiger partial charge is 0.269 e. The molecule has 0 saturated carbocycles. The lowest BCUT2D eigenvalue weighted by molar-refractivity contribution is -0.384. The Morgan fingerprint density at radius 2 is 1.73 bits per heavy atom. The van der Waals surface area contributed by atoms with Crippen molar-refractivity contribution in [3.05, 3.63) is 106 Å². The molecule has 0 aliphatic carbocycles. The summed E-state index contributed by atoms with van der Waals surface area (Å²) < 4.78 is 1.75. The third kappa shape index (κ3) is 4.49. The van der Waals surface area contributed by atoms with Gasteiger partial charge in [-0.3, -0.25) is 19.7 Å². The fourth-order valence-electron chi connectivity index (χ4n) is 3.54. The highest BCUT2D eigenvalue weighted by Crippen LogP contribution is 2.26. The zero-order chi connectivity index (χ0) is 23.5. The highest BCUT2D eigenvalue weighted by atomic mass is 16.6. The van der Waals surface area contributed by atoms with E-state index in [1.165, 1.54) is 42.5 Å². The summed E-state index contributed by atoms with van der Waals surface area (Å²) in [4.78, 5) is 35.5. The minimum Gasteiger partial charge on any atom is -0.508 e. The number of ketones is 2. The minimum absolute atomic E-state index is 0.0128. The van der Waals surface area contributed by atoms with Crippen LogP contribution in [0, 0.1) is 10.1 Å². The molecule has 8 heteroatoms. The maximum atomic E-state index is 12.8. The molecule has 0 radical (unpaired) electrons. The second kappa shape index (κ2) is 8.80. The molecule has 0 amide bonds. The molecule has 2 N–H and O–H groups in total. The molecule has 0 spiro atoms. The number of nitrogens with zero attached hydrogens (tertiary/aromatic N) is 2. The Morgan fingerprint density at radius 3 is 2.42 bits per heavy atom. The van der Waals surface area contributed by atoms with Gasteiger partial charge in [0, 0.05) is 46.4 Å². The highest BCUT2D eigenvalue weighted by Gasteiger charge is 2.14. The fraction of sp³-hybridized carbons (Fsp3) is 0.0400. The van der Waals surface area contributed by atoms with E-state index in [2.05, 4.69) is 0 Å². The van der Waals surface area contributed by atoms with Gasteiger partial charge in [0.25, 0.3) is 5.69 Å². The van der Waals surface area contributed by atoms with Crippen molar-refractivity contribution in [2.24, 2.45) is 0 Å². The average Bonchev–Trinajstić information content (AvgIpc) is 3.15. The van der Waals surface area contributed by atoms with Gasteiger partial charge >= 0.3 is 0 Å². The second-order valence-electron chi connectivity index (χ2n) is 7.36. The number of aromatic hydroxyl groups is 2. The standard InChI is InChI=1S/C25H18N2O6/c28-19-10-11-21(24(30)13-19)23(29)12-7-17-14-26(22-4-2-1-3-20(17)22)15-25(31)16-5-8-18(9-6-16)27(32)33/h1-14,28,30H,15H2/b12-7+. The zero-order valence-corrected chi connectivity index (χ0v) is 17.2. The summed E-state index contributed by atoms with van der Waals surface area (Å²) in [6.07, 6.45) is 4.66. The summed E-state index contributed by atoms with van der Waals surface area (Å²) in [5.41, 5.74) is 1.81. The number of carbonyl (C=O) groups excluding carboxylic acids is 2. The van der Waals surface area contributed by atoms with E-state index in [1.807, 2.05) is 24.3 Å². The lowest BCUT2D eigenvalue weighted by Gasteiger charge is -2.05. The molecule has 3 aromatic carbocycles. The number of rotatable bonds is 7. The molecule has 0 fully saturated rings. The first-order chi connectivity index (χ1) is 15.8. The van der Waals surface area contributed by atoms with Gasteiger partial charge < -0.3 is 14.8 Å². The predicted octanol–water partition coefficient (Wildman–Crippen LogP) is 4.74. The summed E-state index contributed by atoms with van der Waals surface area (Å²) in [7, 11) is 0. The average molecular weight is 442 g/mol. The van der Waals surface area contributed by atoms with Crippen LogP contribution in [0.4, 0.5) is 5.69 Å². The number of Topliss-reactive ketones (excluding diaryl/α,β-unsaturated/α-hetero) is 1. The van der Waals surface area contributed by atoms with Crippen molar-refractivity contribution in [1.82, 2.24) is 4.57 Å². The summed E-state index contributed by atoms with van der Waals surface area (Å²) >= 11 is 0. The number of phenolic OH excluding ortho intramolecular Hbond substituents is 2. The molecule has 0 unspecified atom stereocenters. The first kappa shape index (κ1) is 21.5. The number of fused-ring (bicyclic) bond motifs is 1. The number of allylic oxidation sites excluding steroid dienone is 1. The Bertz CT molecular complexity index is 1420. The molecule has 0 bridgehead atoms. The predicted molar refractivity (Wildman–Crippen MR) is 123 cm³/mol. The van der Waals surface area contributed by atoms with Crippen molar-refractivity contribution in [2.45, 2.75) is 6.54 Å². The van der Waals surface area contributed by atoms with Crippen LogP contribution in [0.15, 0.2) is 79.0 Å². The van der Waals surface area contributed by atoms with Gasteiger partial charge in [0.05, 0.1) is 17.0 Å². The van der Waals surface area contributed by atoms with Crippen molar-refractivity contribution in [1.29, 1.82) is 0 Å². The van der Waals surface area contributed by atoms with Crippen LogP contribution >= 0.6 is 0 Å². The number of phenols is 2.